The topological polar surface area (TPSA) is 68.2 Å². The molecule has 1 aliphatic carbocycles. The highest BCUT2D eigenvalue weighted by Crippen LogP contribution is 2.30. The van der Waals surface area contributed by atoms with E-state index in [0.29, 0.717) is 11.1 Å². The largest absolute Gasteiger partial charge is 0.326 e. The van der Waals surface area contributed by atoms with Crippen LogP contribution in [0.25, 0.3) is 11.8 Å². The van der Waals surface area contributed by atoms with Crippen molar-refractivity contribution in [3.8, 4) is 5.69 Å². The lowest BCUT2D eigenvalue weighted by Crippen LogP contribution is -2.06. The molecule has 0 radical (unpaired) electrons. The number of hydrogen-bond acceptors (Lipinski definition) is 3. The van der Waals surface area contributed by atoms with Crippen molar-refractivity contribution < 1.29 is 14.4 Å². The van der Waals surface area contributed by atoms with E-state index in [1.165, 1.54) is 6.92 Å². The van der Waals surface area contributed by atoms with Crippen LogP contribution in [0.3, 0.4) is 0 Å². The van der Waals surface area contributed by atoms with Gasteiger partial charge in [-0.25, -0.2) is 0 Å². The molecule has 0 atom stereocenters. The number of aryl methyl sites for hydroxylation is 1. The zero-order valence-electron chi connectivity index (χ0n) is 16.4. The molecule has 5 heteroatoms. The minimum atomic E-state index is -0.227. The number of hydrogen-bond donors (Lipinski definition) is 1. The maximum atomic E-state index is 12.7. The highest BCUT2D eigenvalue weighted by Gasteiger charge is 2.32. The third kappa shape index (κ3) is 3.21. The van der Waals surface area contributed by atoms with E-state index in [-0.39, 0.29) is 23.0 Å². The first-order valence-corrected chi connectivity index (χ1v) is 9.34. The summed E-state index contributed by atoms with van der Waals surface area (Å²) in [5, 5.41) is 2.75. The molecular weight excluding hydrogens is 364 g/mol. The van der Waals surface area contributed by atoms with Crippen LogP contribution in [0.15, 0.2) is 60.2 Å². The quantitative estimate of drug-likeness (QED) is 0.533. The molecule has 0 saturated carbocycles. The second-order valence-electron chi connectivity index (χ2n) is 7.15. The lowest BCUT2D eigenvalue weighted by molar-refractivity contribution is -0.114. The standard InChI is InChI=1S/C24H20N2O3/c1-14-12-17(13-22-23(28)20-6-4-5-7-21(20)24(22)29)15(2)26(14)19-10-8-18(9-11-19)25-16(3)27/h4-13H,1-3H3,(H,25,27). The van der Waals surface area contributed by atoms with Gasteiger partial charge in [0.1, 0.15) is 0 Å². The van der Waals surface area contributed by atoms with E-state index in [4.69, 9.17) is 0 Å². The van der Waals surface area contributed by atoms with Gasteiger partial charge in [0.25, 0.3) is 0 Å². The van der Waals surface area contributed by atoms with Gasteiger partial charge in [-0.1, -0.05) is 24.3 Å². The predicted molar refractivity (Wildman–Crippen MR) is 113 cm³/mol. The van der Waals surface area contributed by atoms with Crippen molar-refractivity contribution in [1.29, 1.82) is 0 Å². The van der Waals surface area contributed by atoms with Crippen molar-refractivity contribution in [3.05, 3.63) is 88.2 Å². The zero-order chi connectivity index (χ0) is 20.7. The summed E-state index contributed by atoms with van der Waals surface area (Å²) in [4.78, 5) is 36.6. The average Bonchev–Trinajstić information content (AvgIpc) is 3.11. The van der Waals surface area contributed by atoms with Crippen LogP contribution in [-0.2, 0) is 4.79 Å². The van der Waals surface area contributed by atoms with Gasteiger partial charge in [0.2, 0.25) is 5.91 Å². The van der Waals surface area contributed by atoms with Gasteiger partial charge < -0.3 is 9.88 Å². The molecule has 4 rings (SSSR count). The van der Waals surface area contributed by atoms with Gasteiger partial charge in [0.15, 0.2) is 11.6 Å². The molecule has 0 fully saturated rings. The van der Waals surface area contributed by atoms with Crippen LogP contribution >= 0.6 is 0 Å². The molecule has 0 saturated heterocycles. The number of ketones is 2. The lowest BCUT2D eigenvalue weighted by Gasteiger charge is -2.11. The normalized spacial score (nSPS) is 12.9. The number of Topliss-reactive ketones (excluding diaryl/α,β-unsaturated/α-hetero) is 2. The van der Waals surface area contributed by atoms with E-state index in [1.54, 1.807) is 30.3 Å². The van der Waals surface area contributed by atoms with Crippen molar-refractivity contribution in [2.45, 2.75) is 20.8 Å². The summed E-state index contributed by atoms with van der Waals surface area (Å²) in [7, 11) is 0. The molecule has 0 spiro atoms. The molecule has 29 heavy (non-hydrogen) atoms. The molecule has 1 aromatic heterocycles. The van der Waals surface area contributed by atoms with Crippen LogP contribution in [0.4, 0.5) is 5.69 Å². The van der Waals surface area contributed by atoms with E-state index in [2.05, 4.69) is 9.88 Å². The molecule has 1 amide bonds. The molecule has 5 nitrogen and oxygen atoms in total. The number of carbonyl (C=O) groups excluding carboxylic acids is 3. The van der Waals surface area contributed by atoms with Crippen molar-refractivity contribution in [3.63, 3.8) is 0 Å². The summed E-state index contributed by atoms with van der Waals surface area (Å²) in [5.41, 5.74) is 5.54. The number of fused-ring (bicyclic) bond motifs is 1. The van der Waals surface area contributed by atoms with Crippen LogP contribution < -0.4 is 5.32 Å². The third-order valence-corrected chi connectivity index (χ3v) is 5.12. The minimum absolute atomic E-state index is 0.119. The van der Waals surface area contributed by atoms with Crippen molar-refractivity contribution >= 4 is 29.2 Å². The summed E-state index contributed by atoms with van der Waals surface area (Å²) < 4.78 is 2.06. The Morgan fingerprint density at radius 3 is 2.07 bits per heavy atom. The molecule has 0 unspecified atom stereocenters. The summed E-state index contributed by atoms with van der Waals surface area (Å²) in [6.07, 6.45) is 1.69. The maximum Gasteiger partial charge on any atom is 0.221 e. The molecule has 1 aliphatic rings. The monoisotopic (exact) mass is 384 g/mol. The first kappa shape index (κ1) is 18.6. The first-order chi connectivity index (χ1) is 13.9. The molecule has 3 aromatic rings. The van der Waals surface area contributed by atoms with Crippen LogP contribution in [-0.4, -0.2) is 22.0 Å². The number of aromatic nitrogens is 1. The van der Waals surface area contributed by atoms with Gasteiger partial charge >= 0.3 is 0 Å². The molecule has 144 valence electrons. The molecule has 1 heterocycles. The predicted octanol–water partition coefficient (Wildman–Crippen LogP) is 4.52. The Hall–Kier alpha value is -3.73. The van der Waals surface area contributed by atoms with Crippen LogP contribution in [0, 0.1) is 13.8 Å². The fourth-order valence-corrected chi connectivity index (χ4v) is 3.79. The second-order valence-corrected chi connectivity index (χ2v) is 7.15. The maximum absolute atomic E-state index is 12.7. The average molecular weight is 384 g/mol. The number of nitrogens with one attached hydrogen (secondary N) is 1. The molecule has 0 bridgehead atoms. The number of anilines is 1. The lowest BCUT2D eigenvalue weighted by atomic mass is 10.1. The number of rotatable bonds is 3. The smallest absolute Gasteiger partial charge is 0.221 e. The van der Waals surface area contributed by atoms with Gasteiger partial charge in [-0.15, -0.1) is 0 Å². The van der Waals surface area contributed by atoms with E-state index in [0.717, 1.165) is 28.3 Å². The van der Waals surface area contributed by atoms with Gasteiger partial charge in [-0.05, 0) is 55.8 Å². The molecular formula is C24H20N2O3. The summed E-state index contributed by atoms with van der Waals surface area (Å²) >= 11 is 0. The van der Waals surface area contributed by atoms with E-state index >= 15 is 0 Å². The highest BCUT2D eigenvalue weighted by molar-refractivity contribution is 6.41. The Labute approximate surface area is 168 Å². The highest BCUT2D eigenvalue weighted by atomic mass is 16.2. The first-order valence-electron chi connectivity index (χ1n) is 9.34. The van der Waals surface area contributed by atoms with E-state index in [9.17, 15) is 14.4 Å². The Kier molecular flexibility index (Phi) is 4.51. The van der Waals surface area contributed by atoms with Crippen LogP contribution in [0.5, 0.6) is 0 Å². The third-order valence-electron chi connectivity index (χ3n) is 5.12. The fourth-order valence-electron chi connectivity index (χ4n) is 3.79. The van der Waals surface area contributed by atoms with Crippen molar-refractivity contribution in [2.24, 2.45) is 0 Å². The Balaban J connectivity index is 1.72. The second kappa shape index (κ2) is 7.02. The zero-order valence-corrected chi connectivity index (χ0v) is 16.4. The molecule has 2 aromatic carbocycles. The summed E-state index contributed by atoms with van der Waals surface area (Å²) in [6, 6.07) is 16.4. The van der Waals surface area contributed by atoms with Gasteiger partial charge in [0, 0.05) is 40.8 Å². The van der Waals surface area contributed by atoms with Crippen LogP contribution in [0.1, 0.15) is 44.6 Å². The summed E-state index contributed by atoms with van der Waals surface area (Å²) in [5.74, 6) is -0.572. The SMILES string of the molecule is CC(=O)Nc1ccc(-n2c(C)cc(C=C3C(=O)c4ccccc4C3=O)c2C)cc1. The van der Waals surface area contributed by atoms with Crippen LogP contribution in [0.2, 0.25) is 0 Å². The Morgan fingerprint density at radius 2 is 1.52 bits per heavy atom. The number of benzene rings is 2. The van der Waals surface area contributed by atoms with Gasteiger partial charge in [0.05, 0.1) is 5.57 Å². The summed E-state index contributed by atoms with van der Waals surface area (Å²) in [6.45, 7) is 5.40. The van der Waals surface area contributed by atoms with E-state index in [1.807, 2.05) is 44.2 Å². The number of nitrogens with zero attached hydrogens (tertiary/aromatic N) is 1. The minimum Gasteiger partial charge on any atom is -0.326 e. The van der Waals surface area contributed by atoms with Crippen molar-refractivity contribution in [2.75, 3.05) is 5.32 Å². The molecule has 0 aliphatic heterocycles. The number of allylic oxidation sites excluding steroid dienone is 1. The fraction of sp³-hybridized carbons (Fsp3) is 0.125. The van der Waals surface area contributed by atoms with Gasteiger partial charge in [-0.2, -0.15) is 0 Å². The van der Waals surface area contributed by atoms with E-state index < -0.39 is 0 Å². The Bertz CT molecular complexity index is 1160. The number of amides is 1. The number of carbonyl (C=O) groups is 3. The Morgan fingerprint density at radius 1 is 0.931 bits per heavy atom. The van der Waals surface area contributed by atoms with Crippen molar-refractivity contribution in [1.82, 2.24) is 4.57 Å². The van der Waals surface area contributed by atoms with Gasteiger partial charge in [-0.3, -0.25) is 14.4 Å². The molecule has 1 N–H and O–H groups in total.